The molecular weight excluding hydrogens is 144 g/mol. The summed E-state index contributed by atoms with van der Waals surface area (Å²) in [7, 11) is 1.66. The molecule has 0 saturated heterocycles. The SMILES string of the molecule is CNc1nc(=O)[nH]c(C)c1N. The molecule has 0 aliphatic rings. The second kappa shape index (κ2) is 2.61. The van der Waals surface area contributed by atoms with Gasteiger partial charge >= 0.3 is 5.69 Å². The molecule has 5 heteroatoms. The van der Waals surface area contributed by atoms with Crippen LogP contribution in [0.1, 0.15) is 5.69 Å². The van der Waals surface area contributed by atoms with E-state index in [1.54, 1.807) is 14.0 Å². The van der Waals surface area contributed by atoms with E-state index >= 15 is 0 Å². The van der Waals surface area contributed by atoms with Crippen molar-refractivity contribution in [2.24, 2.45) is 0 Å². The Bertz CT molecular complexity index is 317. The number of anilines is 2. The van der Waals surface area contributed by atoms with Gasteiger partial charge in [-0.25, -0.2) is 4.79 Å². The second-order valence-corrected chi connectivity index (χ2v) is 2.18. The van der Waals surface area contributed by atoms with Gasteiger partial charge in [0.2, 0.25) is 0 Å². The number of nitrogens with zero attached hydrogens (tertiary/aromatic N) is 1. The molecule has 0 fully saturated rings. The number of nitrogens with two attached hydrogens (primary N) is 1. The molecule has 60 valence electrons. The molecule has 0 radical (unpaired) electrons. The molecule has 1 rings (SSSR count). The first-order valence-corrected chi connectivity index (χ1v) is 3.19. The molecule has 0 aliphatic heterocycles. The first kappa shape index (κ1) is 7.59. The van der Waals surface area contributed by atoms with Crippen LogP contribution in [0.3, 0.4) is 0 Å². The molecule has 0 bridgehead atoms. The first-order chi connectivity index (χ1) is 5.15. The molecule has 1 aromatic heterocycles. The lowest BCUT2D eigenvalue weighted by Crippen LogP contribution is -2.16. The number of aromatic nitrogens is 2. The summed E-state index contributed by atoms with van der Waals surface area (Å²) in [5.41, 5.74) is 6.29. The molecule has 0 saturated carbocycles. The highest BCUT2D eigenvalue weighted by atomic mass is 16.1. The summed E-state index contributed by atoms with van der Waals surface area (Å²) >= 11 is 0. The van der Waals surface area contributed by atoms with Gasteiger partial charge in [-0.15, -0.1) is 0 Å². The number of hydrogen-bond donors (Lipinski definition) is 3. The van der Waals surface area contributed by atoms with Crippen LogP contribution in [-0.4, -0.2) is 17.0 Å². The van der Waals surface area contributed by atoms with E-state index in [2.05, 4.69) is 15.3 Å². The molecule has 0 unspecified atom stereocenters. The van der Waals surface area contributed by atoms with Crippen molar-refractivity contribution in [3.63, 3.8) is 0 Å². The highest BCUT2D eigenvalue weighted by molar-refractivity contribution is 5.62. The number of nitrogens with one attached hydrogen (secondary N) is 2. The fraction of sp³-hybridized carbons (Fsp3) is 0.333. The third-order valence-electron chi connectivity index (χ3n) is 1.40. The number of nitrogen functional groups attached to an aromatic ring is 1. The van der Waals surface area contributed by atoms with E-state index in [1.165, 1.54) is 0 Å². The predicted octanol–water partition coefficient (Wildman–Crippen LogP) is -0.298. The van der Waals surface area contributed by atoms with Crippen LogP contribution in [0.25, 0.3) is 0 Å². The van der Waals surface area contributed by atoms with Gasteiger partial charge in [0.1, 0.15) is 0 Å². The van der Waals surface area contributed by atoms with E-state index in [-0.39, 0.29) is 5.69 Å². The van der Waals surface area contributed by atoms with Gasteiger partial charge in [-0.2, -0.15) is 4.98 Å². The third kappa shape index (κ3) is 1.31. The monoisotopic (exact) mass is 154 g/mol. The van der Waals surface area contributed by atoms with Gasteiger partial charge in [0.05, 0.1) is 5.69 Å². The topological polar surface area (TPSA) is 83.8 Å². The van der Waals surface area contributed by atoms with E-state index < -0.39 is 0 Å². The van der Waals surface area contributed by atoms with E-state index in [9.17, 15) is 4.79 Å². The van der Waals surface area contributed by atoms with Crippen LogP contribution < -0.4 is 16.7 Å². The molecule has 0 spiro atoms. The summed E-state index contributed by atoms with van der Waals surface area (Å²) in [6, 6.07) is 0. The van der Waals surface area contributed by atoms with Crippen LogP contribution in [0, 0.1) is 6.92 Å². The van der Waals surface area contributed by atoms with Crippen molar-refractivity contribution in [2.75, 3.05) is 18.1 Å². The summed E-state index contributed by atoms with van der Waals surface area (Å²) in [5.74, 6) is 0.422. The van der Waals surface area contributed by atoms with Gasteiger partial charge in [-0.1, -0.05) is 0 Å². The van der Waals surface area contributed by atoms with Gasteiger partial charge in [0.25, 0.3) is 0 Å². The highest BCUT2D eigenvalue weighted by Crippen LogP contribution is 2.13. The van der Waals surface area contributed by atoms with Crippen LogP contribution in [-0.2, 0) is 0 Å². The van der Waals surface area contributed by atoms with E-state index in [4.69, 9.17) is 5.73 Å². The Balaban J connectivity index is 3.36. The molecule has 0 atom stereocenters. The second-order valence-electron chi connectivity index (χ2n) is 2.18. The first-order valence-electron chi connectivity index (χ1n) is 3.19. The Morgan fingerprint density at radius 3 is 2.82 bits per heavy atom. The Kier molecular flexibility index (Phi) is 1.80. The fourth-order valence-corrected chi connectivity index (χ4v) is 0.786. The number of aryl methyl sites for hydroxylation is 1. The highest BCUT2D eigenvalue weighted by Gasteiger charge is 2.02. The minimum atomic E-state index is -0.388. The van der Waals surface area contributed by atoms with E-state index in [1.807, 2.05) is 0 Å². The number of aromatic amines is 1. The molecule has 0 amide bonds. The van der Waals surface area contributed by atoms with Gasteiger partial charge in [0.15, 0.2) is 5.82 Å². The zero-order chi connectivity index (χ0) is 8.43. The summed E-state index contributed by atoms with van der Waals surface area (Å²) in [6.45, 7) is 1.72. The summed E-state index contributed by atoms with van der Waals surface area (Å²) in [4.78, 5) is 16.8. The van der Waals surface area contributed by atoms with Crippen molar-refractivity contribution in [3.8, 4) is 0 Å². The van der Waals surface area contributed by atoms with E-state index in [0.717, 1.165) is 0 Å². The normalized spacial score (nSPS) is 9.64. The molecule has 11 heavy (non-hydrogen) atoms. The van der Waals surface area contributed by atoms with Gasteiger partial charge in [-0.3, -0.25) is 0 Å². The van der Waals surface area contributed by atoms with Crippen LogP contribution in [0.2, 0.25) is 0 Å². The average molecular weight is 154 g/mol. The van der Waals surface area contributed by atoms with Crippen LogP contribution >= 0.6 is 0 Å². The van der Waals surface area contributed by atoms with Crippen LogP contribution in [0.4, 0.5) is 11.5 Å². The predicted molar refractivity (Wildman–Crippen MR) is 43.6 cm³/mol. The maximum Gasteiger partial charge on any atom is 0.347 e. The number of hydrogen-bond acceptors (Lipinski definition) is 4. The smallest absolute Gasteiger partial charge is 0.347 e. The van der Waals surface area contributed by atoms with Crippen molar-refractivity contribution in [3.05, 3.63) is 16.2 Å². The minimum Gasteiger partial charge on any atom is -0.394 e. The fourth-order valence-electron chi connectivity index (χ4n) is 0.786. The molecule has 5 nitrogen and oxygen atoms in total. The molecule has 1 aromatic rings. The van der Waals surface area contributed by atoms with Crippen molar-refractivity contribution in [2.45, 2.75) is 6.92 Å². The molecule has 0 aromatic carbocycles. The van der Waals surface area contributed by atoms with Gasteiger partial charge in [-0.05, 0) is 6.92 Å². The molecule has 4 N–H and O–H groups in total. The van der Waals surface area contributed by atoms with Crippen molar-refractivity contribution < 1.29 is 0 Å². The van der Waals surface area contributed by atoms with Crippen molar-refractivity contribution >= 4 is 11.5 Å². The zero-order valence-electron chi connectivity index (χ0n) is 6.43. The summed E-state index contributed by atoms with van der Waals surface area (Å²) < 4.78 is 0. The third-order valence-corrected chi connectivity index (χ3v) is 1.40. The van der Waals surface area contributed by atoms with Gasteiger partial charge < -0.3 is 16.0 Å². The van der Waals surface area contributed by atoms with Crippen molar-refractivity contribution in [1.29, 1.82) is 0 Å². The molecule has 1 heterocycles. The quantitative estimate of drug-likeness (QED) is 0.518. The number of rotatable bonds is 1. The Labute approximate surface area is 63.7 Å². The lowest BCUT2D eigenvalue weighted by Gasteiger charge is -2.03. The zero-order valence-corrected chi connectivity index (χ0v) is 6.43. The lowest BCUT2D eigenvalue weighted by molar-refractivity contribution is 1.03. The standard InChI is InChI=1S/C6H10N4O/c1-3-4(7)5(8-2)10-6(11)9-3/h7H2,1-2H3,(H2,8,9,10,11). The summed E-state index contributed by atoms with van der Waals surface area (Å²) in [6.07, 6.45) is 0. The Hall–Kier alpha value is -1.52. The van der Waals surface area contributed by atoms with E-state index in [0.29, 0.717) is 17.2 Å². The van der Waals surface area contributed by atoms with Gasteiger partial charge in [0, 0.05) is 12.7 Å². The van der Waals surface area contributed by atoms with Crippen molar-refractivity contribution in [1.82, 2.24) is 9.97 Å². The minimum absolute atomic E-state index is 0.388. The summed E-state index contributed by atoms with van der Waals surface area (Å²) in [5, 5.41) is 2.72. The molecule has 0 aliphatic carbocycles. The largest absolute Gasteiger partial charge is 0.394 e. The van der Waals surface area contributed by atoms with Crippen LogP contribution in [0.15, 0.2) is 4.79 Å². The van der Waals surface area contributed by atoms with Crippen LogP contribution in [0.5, 0.6) is 0 Å². The molecular formula is C6H10N4O. The maximum atomic E-state index is 10.8. The Morgan fingerprint density at radius 1 is 1.64 bits per heavy atom. The lowest BCUT2D eigenvalue weighted by atomic mass is 10.3. The Morgan fingerprint density at radius 2 is 2.27 bits per heavy atom. The average Bonchev–Trinajstić information content (AvgIpc) is 1.96. The number of H-pyrrole nitrogens is 1. The maximum absolute atomic E-state index is 10.8.